The van der Waals surface area contributed by atoms with Crippen LogP contribution >= 0.6 is 0 Å². The summed E-state index contributed by atoms with van der Waals surface area (Å²) in [5.74, 6) is -0.554. The third-order valence-corrected chi connectivity index (χ3v) is 3.46. The van der Waals surface area contributed by atoms with Gasteiger partial charge in [0.05, 0.1) is 5.25 Å². The Kier molecular flexibility index (Phi) is 2.33. The Morgan fingerprint density at radius 2 is 2.25 bits per heavy atom. The Hall–Kier alpha value is -1.09. The Balaban J connectivity index is 3.07. The normalized spacial score (nSPS) is 35.6. The number of rotatable bonds is 0. The second kappa shape index (κ2) is 3.11. The molecule has 5 nitrogen and oxygen atoms in total. The molecule has 1 heterocycles. The first-order valence-corrected chi connectivity index (χ1v) is 4.64. The van der Waals surface area contributed by atoms with Crippen LogP contribution in [0.1, 0.15) is 13.8 Å². The van der Waals surface area contributed by atoms with Crippen molar-refractivity contribution in [3.63, 3.8) is 0 Å². The largest absolute Gasteiger partial charge is 0.527 e. The molecule has 0 bridgehead atoms. The quantitative estimate of drug-likeness (QED) is 0.578. The lowest BCUT2D eigenvalue weighted by Crippen LogP contribution is -2.32. The molecule has 0 aromatic rings. The summed E-state index contributed by atoms with van der Waals surface area (Å²) >= 11 is 0. The van der Waals surface area contributed by atoms with Gasteiger partial charge in [-0.2, -0.15) is 0 Å². The first kappa shape index (κ1) is 9.00. The summed E-state index contributed by atoms with van der Waals surface area (Å²) in [6.45, 7) is 3.38. The lowest BCUT2D eigenvalue weighted by molar-refractivity contribution is 0.0375. The number of hydrogen-bond donors (Lipinski definition) is 1. The zero-order valence-electron chi connectivity index (χ0n) is 6.72. The van der Waals surface area contributed by atoms with Gasteiger partial charge in [-0.05, 0) is 13.8 Å². The summed E-state index contributed by atoms with van der Waals surface area (Å²) in [5.41, 5.74) is 0. The maximum atomic E-state index is 11.3. The van der Waals surface area contributed by atoms with Gasteiger partial charge in [0, 0.05) is 0 Å². The van der Waals surface area contributed by atoms with Gasteiger partial charge in [-0.15, -0.1) is 0 Å². The summed E-state index contributed by atoms with van der Waals surface area (Å²) in [7, 11) is -1.49. The molecule has 3 atom stereocenters. The van der Waals surface area contributed by atoms with Crippen molar-refractivity contribution in [1.82, 2.24) is 0 Å². The van der Waals surface area contributed by atoms with Crippen LogP contribution in [0.3, 0.4) is 0 Å². The second-order valence-corrected chi connectivity index (χ2v) is 4.26. The summed E-state index contributed by atoms with van der Waals surface area (Å²) in [5, 5.41) is 16.8. The molecular weight excluding hydrogens is 180 g/mol. The number of aliphatic hydroxyl groups is 1. The van der Waals surface area contributed by atoms with E-state index in [0.29, 0.717) is 0 Å². The van der Waals surface area contributed by atoms with Crippen LogP contribution in [-0.2, 0) is 15.5 Å². The average molecular weight is 189 g/mol. The molecule has 12 heavy (non-hydrogen) atoms. The van der Waals surface area contributed by atoms with E-state index < -0.39 is 16.7 Å². The molecular formula is C6H9N2O3S+. The summed E-state index contributed by atoms with van der Waals surface area (Å²) in [6, 6.07) is 0. The summed E-state index contributed by atoms with van der Waals surface area (Å²) in [6.07, 6.45) is -0.337. The minimum Gasteiger partial charge on any atom is -0.475 e. The van der Waals surface area contributed by atoms with Crippen molar-refractivity contribution < 1.29 is 14.1 Å². The van der Waals surface area contributed by atoms with E-state index in [2.05, 4.69) is 4.98 Å². The monoisotopic (exact) mass is 189 g/mol. The molecule has 0 saturated heterocycles. The molecule has 1 N–H and O–H groups in total. The van der Waals surface area contributed by atoms with E-state index in [0.717, 1.165) is 0 Å². The van der Waals surface area contributed by atoms with E-state index >= 15 is 0 Å². The highest BCUT2D eigenvalue weighted by atomic mass is 32.2. The van der Waals surface area contributed by atoms with Crippen LogP contribution in [0.25, 0.3) is 4.98 Å². The maximum Gasteiger partial charge on any atom is 0.527 e. The molecule has 1 rings (SSSR count). The van der Waals surface area contributed by atoms with E-state index in [4.69, 9.17) is 15.2 Å². The zero-order valence-corrected chi connectivity index (χ0v) is 7.54. The molecule has 1 aliphatic heterocycles. The topological polar surface area (TPSA) is 74.7 Å². The van der Waals surface area contributed by atoms with Gasteiger partial charge in [0.25, 0.3) is 0 Å². The smallest absolute Gasteiger partial charge is 0.475 e. The molecule has 0 fully saturated rings. The standard InChI is InChI=1S/C6H8N2O3S/c1-3-4(2)12(10)5(8-7)6(9)11-3/h3-4H,1-2H3/p+1/t3-,4+,12?/m1/s1. The second-order valence-electron chi connectivity index (χ2n) is 2.54. The highest BCUT2D eigenvalue weighted by Gasteiger charge is 2.41. The van der Waals surface area contributed by atoms with E-state index in [9.17, 15) is 4.21 Å². The Morgan fingerprint density at radius 3 is 2.75 bits per heavy atom. The number of ether oxygens (including phenoxy) is 1. The Bertz CT molecular complexity index is 294. The fourth-order valence-corrected chi connectivity index (χ4v) is 1.90. The molecule has 0 aliphatic carbocycles. The fourth-order valence-electron chi connectivity index (χ4n) is 0.842. The highest BCUT2D eigenvalue weighted by molar-refractivity contribution is 7.89. The van der Waals surface area contributed by atoms with Crippen LogP contribution in [0.2, 0.25) is 0 Å². The van der Waals surface area contributed by atoms with Crippen molar-refractivity contribution in [2.75, 3.05) is 0 Å². The van der Waals surface area contributed by atoms with Crippen LogP contribution < -0.4 is 0 Å². The van der Waals surface area contributed by atoms with E-state index in [1.165, 1.54) is 0 Å². The molecule has 66 valence electrons. The lowest BCUT2D eigenvalue weighted by Gasteiger charge is -2.20. The van der Waals surface area contributed by atoms with Gasteiger partial charge in [-0.25, -0.2) is 4.21 Å². The van der Waals surface area contributed by atoms with Gasteiger partial charge >= 0.3 is 11.0 Å². The van der Waals surface area contributed by atoms with Crippen LogP contribution in [0.4, 0.5) is 0 Å². The third-order valence-electron chi connectivity index (χ3n) is 1.76. The van der Waals surface area contributed by atoms with Crippen LogP contribution in [0.15, 0.2) is 11.0 Å². The molecule has 0 saturated carbocycles. The van der Waals surface area contributed by atoms with Crippen molar-refractivity contribution in [2.24, 2.45) is 0 Å². The van der Waals surface area contributed by atoms with Crippen molar-refractivity contribution in [3.05, 3.63) is 16.0 Å². The summed E-state index contributed by atoms with van der Waals surface area (Å²) in [4.78, 5) is 2.70. The Labute approximate surface area is 72.1 Å². The SMILES string of the molecule is C[C@H]1OC(O)=C([N+]#N)S(=O)[C@H]1C. The molecule has 0 radical (unpaired) electrons. The lowest BCUT2D eigenvalue weighted by atomic mass is 10.3. The molecule has 1 aliphatic rings. The van der Waals surface area contributed by atoms with E-state index in [1.807, 2.05) is 0 Å². The molecule has 0 amide bonds. The summed E-state index contributed by atoms with van der Waals surface area (Å²) < 4.78 is 16.2. The van der Waals surface area contributed by atoms with E-state index in [1.54, 1.807) is 13.8 Å². The van der Waals surface area contributed by atoms with E-state index in [-0.39, 0.29) is 16.4 Å². The molecule has 0 spiro atoms. The van der Waals surface area contributed by atoms with Gasteiger partial charge in [0.1, 0.15) is 6.10 Å². The number of hydrogen-bond acceptors (Lipinski definition) is 4. The number of aliphatic hydroxyl groups excluding tert-OH is 1. The third kappa shape index (κ3) is 1.28. The predicted octanol–water partition coefficient (Wildman–Crippen LogP) is 1.08. The van der Waals surface area contributed by atoms with Gasteiger partial charge in [-0.1, -0.05) is 0 Å². The van der Waals surface area contributed by atoms with Crippen LogP contribution in [0, 0.1) is 5.39 Å². The minimum atomic E-state index is -1.49. The predicted molar refractivity (Wildman–Crippen MR) is 42.9 cm³/mol. The molecule has 6 heteroatoms. The molecule has 0 aromatic heterocycles. The van der Waals surface area contributed by atoms with Gasteiger partial charge in [0.2, 0.25) is 5.39 Å². The Morgan fingerprint density at radius 1 is 1.67 bits per heavy atom. The zero-order chi connectivity index (χ0) is 9.30. The minimum absolute atomic E-state index is 0.285. The maximum absolute atomic E-state index is 11.3. The first-order chi connectivity index (χ1) is 5.57. The van der Waals surface area contributed by atoms with Crippen molar-refractivity contribution in [3.8, 4) is 0 Å². The van der Waals surface area contributed by atoms with Crippen molar-refractivity contribution in [1.29, 1.82) is 5.39 Å². The van der Waals surface area contributed by atoms with Crippen molar-refractivity contribution >= 4 is 10.8 Å². The number of diazo groups is 1. The fraction of sp³-hybridized carbons (Fsp3) is 0.667. The first-order valence-electron chi connectivity index (χ1n) is 3.43. The highest BCUT2D eigenvalue weighted by Crippen LogP contribution is 2.24. The van der Waals surface area contributed by atoms with Gasteiger partial charge < -0.3 is 9.84 Å². The molecule has 1 unspecified atom stereocenters. The molecule has 0 aromatic carbocycles. The van der Waals surface area contributed by atoms with Gasteiger partial charge in [-0.3, -0.25) is 0 Å². The average Bonchev–Trinajstić information content (AvgIpc) is 2.01. The van der Waals surface area contributed by atoms with Crippen molar-refractivity contribution in [2.45, 2.75) is 25.2 Å². The van der Waals surface area contributed by atoms with Crippen LogP contribution in [0.5, 0.6) is 0 Å². The van der Waals surface area contributed by atoms with Gasteiger partial charge in [0.15, 0.2) is 15.8 Å². The number of nitrogens with zero attached hydrogens (tertiary/aromatic N) is 2. The van der Waals surface area contributed by atoms with Crippen LogP contribution in [-0.4, -0.2) is 20.7 Å².